The zero-order chi connectivity index (χ0) is 30.3. The summed E-state index contributed by atoms with van der Waals surface area (Å²) in [5, 5.41) is 8.37. The second-order valence-corrected chi connectivity index (χ2v) is 12.5. The van der Waals surface area contributed by atoms with Gasteiger partial charge in [-0.3, -0.25) is 19.1 Å². The van der Waals surface area contributed by atoms with E-state index >= 15 is 0 Å². The van der Waals surface area contributed by atoms with Crippen molar-refractivity contribution in [1.82, 2.24) is 30.0 Å². The Morgan fingerprint density at radius 2 is 1.79 bits per heavy atom. The number of likely N-dealkylation sites (tertiary alicyclic amines) is 1. The number of hydrogen-bond donors (Lipinski definition) is 1. The summed E-state index contributed by atoms with van der Waals surface area (Å²) >= 11 is 2.26. The molecule has 2 aromatic carbocycles. The number of carbonyl (C=O) groups is 3. The van der Waals surface area contributed by atoms with Gasteiger partial charge in [0, 0.05) is 30.3 Å². The van der Waals surface area contributed by atoms with Crippen LogP contribution >= 0.6 is 22.6 Å². The Morgan fingerprint density at radius 3 is 2.48 bits per heavy atom. The van der Waals surface area contributed by atoms with Crippen LogP contribution in [-0.4, -0.2) is 52.3 Å². The largest absolute Gasteiger partial charge is 0.348 e. The first-order chi connectivity index (χ1) is 20.0. The minimum Gasteiger partial charge on any atom is -0.348 e. The van der Waals surface area contributed by atoms with Crippen molar-refractivity contribution in [3.8, 4) is 11.1 Å². The Bertz CT molecular complexity index is 1680. The minimum absolute atomic E-state index is 0.0840. The van der Waals surface area contributed by atoms with Crippen LogP contribution in [0.4, 0.5) is 0 Å². The molecule has 0 bridgehead atoms. The fraction of sp³-hybridized carbons (Fsp3) is 0.375. The molecule has 218 valence electrons. The SMILES string of the molecule is CC(=O)c1nn(CC(=O)N2[C@H](I)[C@@H](C)C[C@H]2C(=O)N[C@@H](C)c2cccc(C)c2C)c2ccc(-c3cnc(C)nc3)cc12. The van der Waals surface area contributed by atoms with E-state index < -0.39 is 6.04 Å². The van der Waals surface area contributed by atoms with Crippen LogP contribution in [0.25, 0.3) is 22.0 Å². The van der Waals surface area contributed by atoms with Crippen LogP contribution in [0.5, 0.6) is 0 Å². The summed E-state index contributed by atoms with van der Waals surface area (Å²) in [5.74, 6) is 0.244. The summed E-state index contributed by atoms with van der Waals surface area (Å²) in [4.78, 5) is 50.3. The van der Waals surface area contributed by atoms with Gasteiger partial charge in [0.15, 0.2) is 5.78 Å². The van der Waals surface area contributed by atoms with Crippen molar-refractivity contribution in [2.45, 2.75) is 70.6 Å². The molecular weight excluding hydrogens is 643 g/mol. The van der Waals surface area contributed by atoms with E-state index in [1.165, 1.54) is 12.5 Å². The summed E-state index contributed by atoms with van der Waals surface area (Å²) in [6, 6.07) is 11.0. The molecule has 1 aliphatic rings. The van der Waals surface area contributed by atoms with Gasteiger partial charge in [-0.2, -0.15) is 5.10 Å². The zero-order valence-corrected chi connectivity index (χ0v) is 26.8. The number of nitrogens with one attached hydrogen (secondary N) is 1. The van der Waals surface area contributed by atoms with Gasteiger partial charge in [0.1, 0.15) is 24.1 Å². The number of fused-ring (bicyclic) bond motifs is 1. The number of hydrogen-bond acceptors (Lipinski definition) is 6. The molecule has 4 atom stereocenters. The van der Waals surface area contributed by atoms with Crippen LogP contribution in [0, 0.1) is 26.7 Å². The standard InChI is InChI=1S/C32H35IN6O3/c1-17-8-7-9-25(19(17)3)20(4)36-32(42)28-12-18(2)31(33)39(28)29(41)16-38-27-11-10-23(24-14-34-22(6)35-15-24)13-26(27)30(37-38)21(5)40/h7-11,13-15,18,20,28,31H,12,16H2,1-6H3,(H,36,42)/t18-,20-,28-,31-/m0/s1. The Kier molecular flexibility index (Phi) is 8.45. The molecule has 1 fully saturated rings. The lowest BCUT2D eigenvalue weighted by molar-refractivity contribution is -0.139. The maximum absolute atomic E-state index is 13.9. The highest BCUT2D eigenvalue weighted by atomic mass is 127. The van der Waals surface area contributed by atoms with Crippen LogP contribution in [0.15, 0.2) is 48.8 Å². The zero-order valence-electron chi connectivity index (χ0n) is 24.7. The van der Waals surface area contributed by atoms with E-state index in [9.17, 15) is 14.4 Å². The number of aromatic nitrogens is 4. The number of Topliss-reactive ketones (excluding diaryl/α,β-unsaturated/α-hetero) is 1. The van der Waals surface area contributed by atoms with E-state index in [4.69, 9.17) is 0 Å². The molecule has 4 aromatic rings. The van der Waals surface area contributed by atoms with Crippen LogP contribution in [0.3, 0.4) is 0 Å². The van der Waals surface area contributed by atoms with Crippen LogP contribution in [0.1, 0.15) is 66.2 Å². The number of nitrogens with zero attached hydrogens (tertiary/aromatic N) is 5. The van der Waals surface area contributed by atoms with Gasteiger partial charge in [-0.15, -0.1) is 0 Å². The molecule has 1 N–H and O–H groups in total. The molecule has 10 heteroatoms. The van der Waals surface area contributed by atoms with E-state index in [1.54, 1.807) is 22.0 Å². The third-order valence-corrected chi connectivity index (χ3v) is 10.0. The first-order valence-electron chi connectivity index (χ1n) is 14.1. The maximum Gasteiger partial charge on any atom is 0.245 e. The summed E-state index contributed by atoms with van der Waals surface area (Å²) < 4.78 is 1.42. The average Bonchev–Trinajstić information content (AvgIpc) is 3.47. The highest BCUT2D eigenvalue weighted by Gasteiger charge is 2.44. The Balaban J connectivity index is 1.41. The Morgan fingerprint density at radius 1 is 1.07 bits per heavy atom. The first-order valence-corrected chi connectivity index (χ1v) is 15.3. The monoisotopic (exact) mass is 678 g/mol. The van der Waals surface area contributed by atoms with Gasteiger partial charge < -0.3 is 10.2 Å². The molecule has 5 rings (SSSR count). The molecule has 0 saturated carbocycles. The van der Waals surface area contributed by atoms with Crippen LogP contribution in [0.2, 0.25) is 0 Å². The lowest BCUT2D eigenvalue weighted by Gasteiger charge is -2.29. The van der Waals surface area contributed by atoms with Gasteiger partial charge in [-0.25, -0.2) is 9.97 Å². The fourth-order valence-corrected chi connectivity index (χ4v) is 6.68. The Hall–Kier alpha value is -3.67. The predicted molar refractivity (Wildman–Crippen MR) is 170 cm³/mol. The number of amides is 2. The number of ketones is 1. The second kappa shape index (κ2) is 11.9. The van der Waals surface area contributed by atoms with Gasteiger partial charge in [-0.1, -0.05) is 53.8 Å². The van der Waals surface area contributed by atoms with Crippen molar-refractivity contribution < 1.29 is 14.4 Å². The number of carbonyl (C=O) groups excluding carboxylic acids is 3. The molecular formula is C32H35IN6O3. The first kappa shape index (κ1) is 29.8. The normalized spacial score (nSPS) is 19.2. The van der Waals surface area contributed by atoms with Crippen LogP contribution in [-0.2, 0) is 16.1 Å². The topological polar surface area (TPSA) is 110 Å². The van der Waals surface area contributed by atoms with Gasteiger partial charge >= 0.3 is 0 Å². The van der Waals surface area contributed by atoms with Crippen LogP contribution < -0.4 is 5.32 Å². The van der Waals surface area contributed by atoms with E-state index in [0.29, 0.717) is 28.8 Å². The van der Waals surface area contributed by atoms with Crippen molar-refractivity contribution in [3.63, 3.8) is 0 Å². The number of rotatable bonds is 7. The quantitative estimate of drug-likeness (QED) is 0.120. The molecule has 0 spiro atoms. The van der Waals surface area contributed by atoms with E-state index in [-0.39, 0.29) is 40.2 Å². The lowest BCUT2D eigenvalue weighted by atomic mass is 9.98. The van der Waals surface area contributed by atoms with E-state index in [0.717, 1.165) is 22.3 Å². The van der Waals surface area contributed by atoms with E-state index in [1.807, 2.05) is 44.2 Å². The summed E-state index contributed by atoms with van der Waals surface area (Å²) in [7, 11) is 0. The summed E-state index contributed by atoms with van der Waals surface area (Å²) in [6.45, 7) is 11.4. The smallest absolute Gasteiger partial charge is 0.245 e. The lowest BCUT2D eigenvalue weighted by Crippen LogP contribution is -2.49. The van der Waals surface area contributed by atoms with Gasteiger partial charge in [0.05, 0.1) is 15.6 Å². The number of benzene rings is 2. The molecule has 0 unspecified atom stereocenters. The molecule has 0 radical (unpaired) electrons. The van der Waals surface area contributed by atoms with Crippen molar-refractivity contribution in [2.24, 2.45) is 5.92 Å². The van der Waals surface area contributed by atoms with E-state index in [2.05, 4.69) is 69.8 Å². The number of aryl methyl sites for hydroxylation is 2. The third-order valence-electron chi connectivity index (χ3n) is 8.21. The second-order valence-electron chi connectivity index (χ2n) is 11.2. The summed E-state index contributed by atoms with van der Waals surface area (Å²) in [5.41, 5.74) is 6.03. The van der Waals surface area contributed by atoms with Crippen molar-refractivity contribution in [1.29, 1.82) is 0 Å². The third kappa shape index (κ3) is 5.68. The highest BCUT2D eigenvalue weighted by Crippen LogP contribution is 2.35. The van der Waals surface area contributed by atoms with Crippen molar-refractivity contribution in [3.05, 3.63) is 77.0 Å². The minimum atomic E-state index is -0.593. The average molecular weight is 679 g/mol. The Labute approximate surface area is 259 Å². The fourth-order valence-electron chi connectivity index (χ4n) is 5.69. The molecule has 2 amide bonds. The highest BCUT2D eigenvalue weighted by molar-refractivity contribution is 14.1. The molecule has 9 nitrogen and oxygen atoms in total. The van der Waals surface area contributed by atoms with Gasteiger partial charge in [0.25, 0.3) is 0 Å². The van der Waals surface area contributed by atoms with Gasteiger partial charge in [-0.05, 0) is 74.4 Å². The molecule has 42 heavy (non-hydrogen) atoms. The molecule has 0 aliphatic carbocycles. The molecule has 1 aliphatic heterocycles. The summed E-state index contributed by atoms with van der Waals surface area (Å²) in [6.07, 6.45) is 4.06. The van der Waals surface area contributed by atoms with Crippen molar-refractivity contribution >= 4 is 51.1 Å². The maximum atomic E-state index is 13.9. The molecule has 1 saturated heterocycles. The van der Waals surface area contributed by atoms with Crippen molar-refractivity contribution in [2.75, 3.05) is 0 Å². The van der Waals surface area contributed by atoms with Gasteiger partial charge in [0.2, 0.25) is 11.8 Å². The number of halogens is 1. The molecule has 3 heterocycles. The predicted octanol–water partition coefficient (Wildman–Crippen LogP) is 5.50. The molecule has 2 aromatic heterocycles. The number of alkyl halides is 1.